The highest BCUT2D eigenvalue weighted by Crippen LogP contribution is 2.27. The van der Waals surface area contributed by atoms with Gasteiger partial charge in [-0.3, -0.25) is 9.59 Å². The maximum atomic E-state index is 12.6. The molecule has 4 rings (SSSR count). The number of hydrogen-bond donors (Lipinski definition) is 1. The van der Waals surface area contributed by atoms with Gasteiger partial charge in [0, 0.05) is 25.1 Å². The summed E-state index contributed by atoms with van der Waals surface area (Å²) in [5.74, 6) is -0.601. The van der Waals surface area contributed by atoms with Crippen LogP contribution in [0.2, 0.25) is 0 Å². The van der Waals surface area contributed by atoms with Crippen LogP contribution in [-0.4, -0.2) is 28.6 Å². The van der Waals surface area contributed by atoms with Crippen LogP contribution in [0.15, 0.2) is 54.6 Å². The first-order valence-corrected chi connectivity index (χ1v) is 10.4. The fourth-order valence-electron chi connectivity index (χ4n) is 3.44. The zero-order chi connectivity index (χ0) is 20.2. The second-order valence-electron chi connectivity index (χ2n) is 7.22. The Labute approximate surface area is 173 Å². The van der Waals surface area contributed by atoms with E-state index in [-0.39, 0.29) is 24.2 Å². The van der Waals surface area contributed by atoms with Crippen molar-refractivity contribution >= 4 is 34.0 Å². The Morgan fingerprint density at radius 2 is 1.97 bits per heavy atom. The predicted octanol–water partition coefficient (Wildman–Crippen LogP) is 3.62. The largest absolute Gasteiger partial charge is 0.312 e. The Balaban J connectivity index is 1.34. The first-order chi connectivity index (χ1) is 14.1. The molecule has 1 N–H and O–H groups in total. The van der Waals surface area contributed by atoms with Gasteiger partial charge in [0.1, 0.15) is 5.01 Å². The number of anilines is 2. The monoisotopic (exact) mass is 406 g/mol. The molecule has 1 unspecified atom stereocenters. The van der Waals surface area contributed by atoms with E-state index in [1.54, 1.807) is 4.90 Å². The fourth-order valence-corrected chi connectivity index (χ4v) is 4.18. The highest BCUT2D eigenvalue weighted by atomic mass is 32.1. The molecule has 3 aromatic rings. The van der Waals surface area contributed by atoms with Crippen molar-refractivity contribution in [1.82, 2.24) is 10.2 Å². The molecule has 1 fully saturated rings. The van der Waals surface area contributed by atoms with E-state index in [9.17, 15) is 9.59 Å². The molecule has 1 aliphatic heterocycles. The van der Waals surface area contributed by atoms with Crippen molar-refractivity contribution in [3.8, 4) is 0 Å². The smallest absolute Gasteiger partial charge is 0.231 e. The number of aryl methyl sites for hydroxylation is 3. The molecule has 0 aliphatic carbocycles. The van der Waals surface area contributed by atoms with Crippen molar-refractivity contribution in [1.29, 1.82) is 0 Å². The lowest BCUT2D eigenvalue weighted by Crippen LogP contribution is -2.28. The molecular formula is C22H22N4O2S. The van der Waals surface area contributed by atoms with E-state index in [0.717, 1.165) is 29.1 Å². The number of benzene rings is 2. The van der Waals surface area contributed by atoms with Crippen LogP contribution in [0.25, 0.3) is 0 Å². The molecule has 0 radical (unpaired) electrons. The number of carbonyl (C=O) groups is 2. The average molecular weight is 407 g/mol. The Hall–Kier alpha value is -3.06. The third-order valence-corrected chi connectivity index (χ3v) is 5.87. The number of rotatable bonds is 6. The zero-order valence-corrected chi connectivity index (χ0v) is 17.0. The standard InChI is InChI=1S/C22H22N4O2S/c1-15-6-5-9-18(12-15)26-14-17(13-20(26)27)21(28)23-22-25-24-19(29-22)11-10-16-7-3-2-4-8-16/h2-9,12,17H,10-11,13-14H2,1H3,(H,23,25,28). The maximum absolute atomic E-state index is 12.6. The number of carbonyl (C=O) groups excluding carboxylic acids is 2. The quantitative estimate of drug-likeness (QED) is 0.678. The molecule has 6 nitrogen and oxygen atoms in total. The summed E-state index contributed by atoms with van der Waals surface area (Å²) in [5, 5.41) is 12.5. The van der Waals surface area contributed by atoms with E-state index in [2.05, 4.69) is 27.6 Å². The summed E-state index contributed by atoms with van der Waals surface area (Å²) >= 11 is 1.39. The van der Waals surface area contributed by atoms with Crippen molar-refractivity contribution in [3.63, 3.8) is 0 Å². The summed E-state index contributed by atoms with van der Waals surface area (Å²) in [6, 6.07) is 18.0. The molecule has 2 amide bonds. The SMILES string of the molecule is Cc1cccc(N2CC(C(=O)Nc3nnc(CCc4ccccc4)s3)CC2=O)c1. The van der Waals surface area contributed by atoms with Gasteiger partial charge in [-0.25, -0.2) is 0 Å². The van der Waals surface area contributed by atoms with Crippen molar-refractivity contribution in [2.45, 2.75) is 26.2 Å². The average Bonchev–Trinajstić information content (AvgIpc) is 3.33. The van der Waals surface area contributed by atoms with Gasteiger partial charge < -0.3 is 10.2 Å². The Morgan fingerprint density at radius 3 is 2.76 bits per heavy atom. The zero-order valence-electron chi connectivity index (χ0n) is 16.2. The van der Waals surface area contributed by atoms with Gasteiger partial charge in [0.25, 0.3) is 0 Å². The van der Waals surface area contributed by atoms with E-state index in [1.807, 2.05) is 49.4 Å². The van der Waals surface area contributed by atoms with Crippen LogP contribution < -0.4 is 10.2 Å². The number of aromatic nitrogens is 2. The van der Waals surface area contributed by atoms with Crippen molar-refractivity contribution in [3.05, 3.63) is 70.7 Å². The van der Waals surface area contributed by atoms with Crippen LogP contribution >= 0.6 is 11.3 Å². The van der Waals surface area contributed by atoms with Crippen LogP contribution in [0.5, 0.6) is 0 Å². The molecular weight excluding hydrogens is 384 g/mol. The third-order valence-electron chi connectivity index (χ3n) is 4.98. The highest BCUT2D eigenvalue weighted by Gasteiger charge is 2.35. The Morgan fingerprint density at radius 1 is 1.14 bits per heavy atom. The molecule has 0 saturated carbocycles. The molecule has 0 bridgehead atoms. The molecule has 148 valence electrons. The van der Waals surface area contributed by atoms with Gasteiger partial charge in [-0.15, -0.1) is 10.2 Å². The summed E-state index contributed by atoms with van der Waals surface area (Å²) in [6.07, 6.45) is 1.87. The number of nitrogens with zero attached hydrogens (tertiary/aromatic N) is 3. The van der Waals surface area contributed by atoms with Gasteiger partial charge >= 0.3 is 0 Å². The van der Waals surface area contributed by atoms with E-state index in [1.165, 1.54) is 16.9 Å². The molecule has 1 aromatic heterocycles. The first-order valence-electron chi connectivity index (χ1n) is 9.63. The van der Waals surface area contributed by atoms with Crippen molar-refractivity contribution in [2.24, 2.45) is 5.92 Å². The summed E-state index contributed by atoms with van der Waals surface area (Å²) in [7, 11) is 0. The minimum Gasteiger partial charge on any atom is -0.312 e. The maximum Gasteiger partial charge on any atom is 0.231 e. The van der Waals surface area contributed by atoms with Crippen LogP contribution in [0.1, 0.15) is 22.6 Å². The lowest BCUT2D eigenvalue weighted by atomic mass is 10.1. The van der Waals surface area contributed by atoms with Gasteiger partial charge in [-0.05, 0) is 36.6 Å². The van der Waals surface area contributed by atoms with Crippen LogP contribution in [0, 0.1) is 12.8 Å². The normalized spacial score (nSPS) is 16.2. The summed E-state index contributed by atoms with van der Waals surface area (Å²) in [5.41, 5.74) is 3.17. The van der Waals surface area contributed by atoms with Crippen LogP contribution in [-0.2, 0) is 22.4 Å². The minimum atomic E-state index is -0.389. The first kappa shape index (κ1) is 19.3. The molecule has 0 spiro atoms. The van der Waals surface area contributed by atoms with Gasteiger partial charge in [0.2, 0.25) is 16.9 Å². The number of nitrogens with one attached hydrogen (secondary N) is 1. The molecule has 29 heavy (non-hydrogen) atoms. The van der Waals surface area contributed by atoms with Crippen molar-refractivity contribution in [2.75, 3.05) is 16.8 Å². The van der Waals surface area contributed by atoms with Gasteiger partial charge in [-0.1, -0.05) is 53.8 Å². The van der Waals surface area contributed by atoms with Gasteiger partial charge in [0.15, 0.2) is 0 Å². The van der Waals surface area contributed by atoms with E-state index >= 15 is 0 Å². The minimum absolute atomic E-state index is 0.0310. The summed E-state index contributed by atoms with van der Waals surface area (Å²) in [6.45, 7) is 2.37. The molecule has 2 aromatic carbocycles. The number of hydrogen-bond acceptors (Lipinski definition) is 5. The molecule has 7 heteroatoms. The molecule has 1 aliphatic rings. The molecule has 1 saturated heterocycles. The predicted molar refractivity (Wildman–Crippen MR) is 114 cm³/mol. The summed E-state index contributed by atoms with van der Waals surface area (Å²) < 4.78 is 0. The lowest BCUT2D eigenvalue weighted by Gasteiger charge is -2.17. The van der Waals surface area contributed by atoms with Gasteiger partial charge in [-0.2, -0.15) is 0 Å². The topological polar surface area (TPSA) is 75.2 Å². The van der Waals surface area contributed by atoms with E-state index in [0.29, 0.717) is 11.7 Å². The third kappa shape index (κ3) is 4.68. The molecule has 1 atom stereocenters. The van der Waals surface area contributed by atoms with Gasteiger partial charge in [0.05, 0.1) is 5.92 Å². The van der Waals surface area contributed by atoms with Crippen LogP contribution in [0.4, 0.5) is 10.8 Å². The Bertz CT molecular complexity index is 1020. The number of amides is 2. The van der Waals surface area contributed by atoms with E-state index < -0.39 is 0 Å². The fraction of sp³-hybridized carbons (Fsp3) is 0.273. The van der Waals surface area contributed by atoms with Crippen molar-refractivity contribution < 1.29 is 9.59 Å². The van der Waals surface area contributed by atoms with Crippen LogP contribution in [0.3, 0.4) is 0 Å². The molecule has 2 heterocycles. The Kier molecular flexibility index (Phi) is 5.67. The second kappa shape index (κ2) is 8.53. The second-order valence-corrected chi connectivity index (χ2v) is 8.28. The highest BCUT2D eigenvalue weighted by molar-refractivity contribution is 7.15. The lowest BCUT2D eigenvalue weighted by molar-refractivity contribution is -0.122. The van der Waals surface area contributed by atoms with E-state index in [4.69, 9.17) is 0 Å². The summed E-state index contributed by atoms with van der Waals surface area (Å²) in [4.78, 5) is 26.7.